The van der Waals surface area contributed by atoms with Crippen molar-refractivity contribution in [3.63, 3.8) is 0 Å². The van der Waals surface area contributed by atoms with E-state index in [-0.39, 0.29) is 0 Å². The van der Waals surface area contributed by atoms with Crippen molar-refractivity contribution in [2.24, 2.45) is 0 Å². The predicted molar refractivity (Wildman–Crippen MR) is 72.8 cm³/mol. The van der Waals surface area contributed by atoms with Crippen LogP contribution in [-0.2, 0) is 9.53 Å². The minimum atomic E-state index is -0.991. The number of carboxylic acid groups (broad SMARTS) is 1. The Balaban J connectivity index is 2.73. The van der Waals surface area contributed by atoms with Gasteiger partial charge in [-0.1, -0.05) is 15.9 Å². The first-order valence-electron chi connectivity index (χ1n) is 5.54. The standard InChI is InChI=1S/C13H15BrO4/c1-2-17-7-8-18-12-5-4-11(14)9-10(12)3-6-13(15)16/h3-6,9H,2,7-8H2,1H3,(H,15,16)/b6-3+. The lowest BCUT2D eigenvalue weighted by molar-refractivity contribution is -0.131. The van der Waals surface area contributed by atoms with Gasteiger partial charge in [0.1, 0.15) is 12.4 Å². The zero-order valence-electron chi connectivity index (χ0n) is 10.1. The van der Waals surface area contributed by atoms with Crippen LogP contribution in [0.4, 0.5) is 0 Å². The van der Waals surface area contributed by atoms with Gasteiger partial charge in [0.15, 0.2) is 0 Å². The second-order valence-electron chi connectivity index (χ2n) is 3.40. The smallest absolute Gasteiger partial charge is 0.328 e. The van der Waals surface area contributed by atoms with Gasteiger partial charge in [0.25, 0.3) is 0 Å². The number of aliphatic carboxylic acids is 1. The minimum Gasteiger partial charge on any atom is -0.491 e. The largest absolute Gasteiger partial charge is 0.491 e. The highest BCUT2D eigenvalue weighted by Gasteiger charge is 2.02. The van der Waals surface area contributed by atoms with Crippen molar-refractivity contribution in [3.05, 3.63) is 34.3 Å². The fourth-order valence-electron chi connectivity index (χ4n) is 1.30. The molecule has 1 aromatic carbocycles. The minimum absolute atomic E-state index is 0.434. The summed E-state index contributed by atoms with van der Waals surface area (Å²) in [4.78, 5) is 10.5. The molecule has 1 N–H and O–H groups in total. The van der Waals surface area contributed by atoms with Gasteiger partial charge in [0, 0.05) is 22.7 Å². The Labute approximate surface area is 114 Å². The number of benzene rings is 1. The predicted octanol–water partition coefficient (Wildman–Crippen LogP) is 2.96. The summed E-state index contributed by atoms with van der Waals surface area (Å²) in [5.41, 5.74) is 0.711. The van der Waals surface area contributed by atoms with Crippen molar-refractivity contribution in [2.45, 2.75) is 6.92 Å². The Kier molecular flexibility index (Phi) is 6.46. The van der Waals surface area contributed by atoms with Crippen LogP contribution in [0.1, 0.15) is 12.5 Å². The van der Waals surface area contributed by atoms with Crippen LogP contribution in [-0.4, -0.2) is 30.9 Å². The van der Waals surface area contributed by atoms with Crippen LogP contribution in [0.25, 0.3) is 6.08 Å². The van der Waals surface area contributed by atoms with E-state index in [9.17, 15) is 4.79 Å². The lowest BCUT2D eigenvalue weighted by atomic mass is 10.2. The lowest BCUT2D eigenvalue weighted by Gasteiger charge is -2.09. The van der Waals surface area contributed by atoms with Crippen molar-refractivity contribution in [2.75, 3.05) is 19.8 Å². The molecule has 0 saturated carbocycles. The van der Waals surface area contributed by atoms with E-state index < -0.39 is 5.97 Å². The van der Waals surface area contributed by atoms with Crippen LogP contribution in [0.2, 0.25) is 0 Å². The van der Waals surface area contributed by atoms with E-state index in [2.05, 4.69) is 15.9 Å². The summed E-state index contributed by atoms with van der Waals surface area (Å²) in [6, 6.07) is 5.43. The molecule has 0 bridgehead atoms. The molecule has 0 aliphatic rings. The van der Waals surface area contributed by atoms with E-state index >= 15 is 0 Å². The summed E-state index contributed by atoms with van der Waals surface area (Å²) in [5.74, 6) is -0.356. The zero-order valence-corrected chi connectivity index (χ0v) is 11.6. The summed E-state index contributed by atoms with van der Waals surface area (Å²) in [7, 11) is 0. The van der Waals surface area contributed by atoms with Gasteiger partial charge in [-0.25, -0.2) is 4.79 Å². The first kappa shape index (κ1) is 14.7. The fourth-order valence-corrected chi connectivity index (χ4v) is 1.68. The fraction of sp³-hybridized carbons (Fsp3) is 0.308. The van der Waals surface area contributed by atoms with E-state index in [0.29, 0.717) is 31.1 Å². The van der Waals surface area contributed by atoms with Crippen molar-refractivity contribution in [3.8, 4) is 5.75 Å². The van der Waals surface area contributed by atoms with Gasteiger partial charge < -0.3 is 14.6 Å². The van der Waals surface area contributed by atoms with Crippen molar-refractivity contribution in [1.82, 2.24) is 0 Å². The SMILES string of the molecule is CCOCCOc1ccc(Br)cc1/C=C/C(=O)O. The van der Waals surface area contributed by atoms with E-state index in [1.165, 1.54) is 6.08 Å². The summed E-state index contributed by atoms with van der Waals surface area (Å²) in [5, 5.41) is 8.62. The molecule has 0 unspecified atom stereocenters. The van der Waals surface area contributed by atoms with Gasteiger partial charge in [-0.2, -0.15) is 0 Å². The highest BCUT2D eigenvalue weighted by molar-refractivity contribution is 9.10. The molecule has 0 aliphatic heterocycles. The van der Waals surface area contributed by atoms with E-state index in [1.54, 1.807) is 12.1 Å². The van der Waals surface area contributed by atoms with Gasteiger partial charge in [-0.15, -0.1) is 0 Å². The molecular formula is C13H15BrO4. The molecule has 0 spiro atoms. The lowest BCUT2D eigenvalue weighted by Crippen LogP contribution is -2.07. The number of rotatable bonds is 7. The summed E-state index contributed by atoms with van der Waals surface area (Å²) < 4.78 is 11.6. The third-order valence-electron chi connectivity index (χ3n) is 2.07. The Hall–Kier alpha value is -1.33. The molecule has 0 aromatic heterocycles. The first-order chi connectivity index (χ1) is 8.63. The molecule has 1 rings (SSSR count). The van der Waals surface area contributed by atoms with Crippen LogP contribution in [0, 0.1) is 0 Å². The molecule has 5 heteroatoms. The second-order valence-corrected chi connectivity index (χ2v) is 4.31. The molecule has 0 atom stereocenters. The van der Waals surface area contributed by atoms with Crippen molar-refractivity contribution >= 4 is 28.0 Å². The zero-order chi connectivity index (χ0) is 13.4. The Morgan fingerprint density at radius 1 is 1.44 bits per heavy atom. The highest BCUT2D eigenvalue weighted by atomic mass is 79.9. The average Bonchev–Trinajstić information content (AvgIpc) is 2.34. The summed E-state index contributed by atoms with van der Waals surface area (Å²) >= 11 is 3.33. The number of hydrogen-bond donors (Lipinski definition) is 1. The van der Waals surface area contributed by atoms with Crippen molar-refractivity contribution < 1.29 is 19.4 Å². The first-order valence-corrected chi connectivity index (χ1v) is 6.34. The van der Waals surface area contributed by atoms with Crippen LogP contribution < -0.4 is 4.74 Å². The average molecular weight is 315 g/mol. The number of halogens is 1. The maximum absolute atomic E-state index is 10.5. The maximum atomic E-state index is 10.5. The molecule has 0 heterocycles. The topological polar surface area (TPSA) is 55.8 Å². The molecule has 18 heavy (non-hydrogen) atoms. The molecule has 0 aliphatic carbocycles. The summed E-state index contributed by atoms with van der Waals surface area (Å²) in [6.07, 6.45) is 2.58. The van der Waals surface area contributed by atoms with Crippen molar-refractivity contribution in [1.29, 1.82) is 0 Å². The molecule has 1 aromatic rings. The third-order valence-corrected chi connectivity index (χ3v) is 2.56. The molecule has 0 radical (unpaired) electrons. The molecule has 0 amide bonds. The number of hydrogen-bond acceptors (Lipinski definition) is 3. The van der Waals surface area contributed by atoms with Crippen LogP contribution in [0.15, 0.2) is 28.7 Å². The highest BCUT2D eigenvalue weighted by Crippen LogP contribution is 2.24. The summed E-state index contributed by atoms with van der Waals surface area (Å²) in [6.45, 7) is 3.51. The van der Waals surface area contributed by atoms with Gasteiger partial charge in [-0.3, -0.25) is 0 Å². The number of ether oxygens (including phenoxy) is 2. The molecule has 0 fully saturated rings. The van der Waals surface area contributed by atoms with Gasteiger partial charge >= 0.3 is 5.97 Å². The number of carboxylic acids is 1. The van der Waals surface area contributed by atoms with E-state index in [1.807, 2.05) is 13.0 Å². The van der Waals surface area contributed by atoms with Gasteiger partial charge in [0.2, 0.25) is 0 Å². The van der Waals surface area contributed by atoms with E-state index in [0.717, 1.165) is 10.5 Å². The Morgan fingerprint density at radius 3 is 2.89 bits per heavy atom. The molecular weight excluding hydrogens is 300 g/mol. The molecule has 0 saturated heterocycles. The normalized spacial score (nSPS) is 10.8. The second kappa shape index (κ2) is 7.89. The van der Waals surface area contributed by atoms with Gasteiger partial charge in [0.05, 0.1) is 6.61 Å². The Morgan fingerprint density at radius 2 is 2.22 bits per heavy atom. The molecule has 4 nitrogen and oxygen atoms in total. The van der Waals surface area contributed by atoms with E-state index in [4.69, 9.17) is 14.6 Å². The quantitative estimate of drug-likeness (QED) is 0.621. The molecule has 98 valence electrons. The third kappa shape index (κ3) is 5.33. The van der Waals surface area contributed by atoms with Crippen LogP contribution >= 0.6 is 15.9 Å². The van der Waals surface area contributed by atoms with Crippen LogP contribution in [0.3, 0.4) is 0 Å². The number of carbonyl (C=O) groups is 1. The monoisotopic (exact) mass is 314 g/mol. The van der Waals surface area contributed by atoms with Gasteiger partial charge in [-0.05, 0) is 31.2 Å². The Bertz CT molecular complexity index is 429. The van der Waals surface area contributed by atoms with Crippen LogP contribution in [0.5, 0.6) is 5.75 Å². The maximum Gasteiger partial charge on any atom is 0.328 e.